The van der Waals surface area contributed by atoms with E-state index in [1.165, 1.54) is 6.07 Å². The Balaban J connectivity index is 2.27. The van der Waals surface area contributed by atoms with Crippen LogP contribution in [0.4, 0.5) is 0 Å². The fraction of sp³-hybridized carbons (Fsp3) is 0.125. The first-order valence-electron chi connectivity index (χ1n) is 6.45. The quantitative estimate of drug-likeness (QED) is 0.756. The Labute approximate surface area is 126 Å². The van der Waals surface area contributed by atoms with Crippen molar-refractivity contribution in [2.45, 2.75) is 13.0 Å². The van der Waals surface area contributed by atoms with Crippen molar-refractivity contribution >= 4 is 11.9 Å². The minimum atomic E-state index is -1.39. The van der Waals surface area contributed by atoms with E-state index in [0.29, 0.717) is 0 Å². The first kappa shape index (κ1) is 15.4. The van der Waals surface area contributed by atoms with E-state index in [1.807, 2.05) is 30.3 Å². The maximum Gasteiger partial charge on any atom is 0.339 e. The molecule has 2 aromatic rings. The van der Waals surface area contributed by atoms with Crippen LogP contribution in [0, 0.1) is 0 Å². The minimum Gasteiger partial charge on any atom is -0.507 e. The first-order valence-corrected chi connectivity index (χ1v) is 6.45. The highest BCUT2D eigenvalue weighted by atomic mass is 16.5. The molecule has 0 unspecified atom stereocenters. The lowest BCUT2D eigenvalue weighted by Gasteiger charge is -2.11. The molecular weight excluding hydrogens is 288 g/mol. The van der Waals surface area contributed by atoms with Gasteiger partial charge in [-0.3, -0.25) is 4.79 Å². The van der Waals surface area contributed by atoms with Crippen LogP contribution in [0.5, 0.6) is 11.5 Å². The average molecular weight is 302 g/mol. The monoisotopic (exact) mass is 302 g/mol. The molecule has 0 atom stereocenters. The molecule has 0 aliphatic carbocycles. The molecule has 6 nitrogen and oxygen atoms in total. The number of aliphatic carboxylic acids is 1. The molecule has 0 bridgehead atoms. The second kappa shape index (κ2) is 6.62. The smallest absolute Gasteiger partial charge is 0.339 e. The lowest BCUT2D eigenvalue weighted by molar-refractivity contribution is -0.136. The molecular formula is C16H14O6. The predicted octanol–water partition coefficient (Wildman–Crippen LogP) is 2.30. The van der Waals surface area contributed by atoms with E-state index in [9.17, 15) is 14.7 Å². The summed E-state index contributed by atoms with van der Waals surface area (Å²) in [5.41, 5.74) is 0.460. The van der Waals surface area contributed by atoms with Crippen LogP contribution in [-0.2, 0) is 17.8 Å². The minimum absolute atomic E-state index is 0.0111. The van der Waals surface area contributed by atoms with Crippen molar-refractivity contribution in [1.29, 1.82) is 0 Å². The number of carboxylic acid groups (broad SMARTS) is 2. The zero-order valence-electron chi connectivity index (χ0n) is 11.5. The molecule has 0 aliphatic heterocycles. The van der Waals surface area contributed by atoms with Gasteiger partial charge in [-0.2, -0.15) is 0 Å². The topological polar surface area (TPSA) is 104 Å². The van der Waals surface area contributed by atoms with Crippen LogP contribution < -0.4 is 4.74 Å². The van der Waals surface area contributed by atoms with Crippen LogP contribution in [-0.4, -0.2) is 27.3 Å². The molecule has 0 fully saturated rings. The fourth-order valence-corrected chi connectivity index (χ4v) is 2.03. The fourth-order valence-electron chi connectivity index (χ4n) is 2.03. The van der Waals surface area contributed by atoms with Crippen molar-refractivity contribution < 1.29 is 29.6 Å². The maximum atomic E-state index is 11.1. The molecule has 0 spiro atoms. The van der Waals surface area contributed by atoms with Gasteiger partial charge in [0.25, 0.3) is 0 Å². The molecule has 22 heavy (non-hydrogen) atoms. The van der Waals surface area contributed by atoms with Crippen LogP contribution in [0.1, 0.15) is 21.5 Å². The standard InChI is InChI=1S/C16H14O6/c17-13-8-12(22-9-10-4-2-1-3-5-10)6-11(7-14(18)19)15(13)16(20)21/h1-6,8,17H,7,9H2,(H,18,19)(H,20,21). The van der Waals surface area contributed by atoms with Crippen LogP contribution in [0.3, 0.4) is 0 Å². The zero-order chi connectivity index (χ0) is 16.1. The molecule has 3 N–H and O–H groups in total. The van der Waals surface area contributed by atoms with Gasteiger partial charge in [0.05, 0.1) is 6.42 Å². The summed E-state index contributed by atoms with van der Waals surface area (Å²) in [6.45, 7) is 0.221. The highest BCUT2D eigenvalue weighted by Gasteiger charge is 2.19. The summed E-state index contributed by atoms with van der Waals surface area (Å²) in [6, 6.07) is 11.7. The van der Waals surface area contributed by atoms with Crippen molar-refractivity contribution in [3.63, 3.8) is 0 Å². The van der Waals surface area contributed by atoms with Gasteiger partial charge >= 0.3 is 11.9 Å². The third kappa shape index (κ3) is 3.76. The average Bonchev–Trinajstić information content (AvgIpc) is 2.44. The maximum absolute atomic E-state index is 11.1. The molecule has 0 amide bonds. The number of hydrogen-bond acceptors (Lipinski definition) is 4. The van der Waals surface area contributed by atoms with Gasteiger partial charge in [0.2, 0.25) is 0 Å². The van der Waals surface area contributed by atoms with Crippen molar-refractivity contribution in [1.82, 2.24) is 0 Å². The van der Waals surface area contributed by atoms with E-state index < -0.39 is 29.7 Å². The Bertz CT molecular complexity index is 693. The third-order valence-corrected chi connectivity index (χ3v) is 2.98. The SMILES string of the molecule is O=C(O)Cc1cc(OCc2ccccc2)cc(O)c1C(=O)O. The van der Waals surface area contributed by atoms with E-state index in [2.05, 4.69) is 0 Å². The number of aromatic hydroxyl groups is 1. The summed E-state index contributed by atoms with van der Waals surface area (Å²) < 4.78 is 5.48. The predicted molar refractivity (Wildman–Crippen MR) is 77.2 cm³/mol. The first-order chi connectivity index (χ1) is 10.5. The summed E-state index contributed by atoms with van der Waals surface area (Å²) in [5.74, 6) is -2.89. The van der Waals surface area contributed by atoms with E-state index in [4.69, 9.17) is 14.9 Å². The normalized spacial score (nSPS) is 10.2. The Kier molecular flexibility index (Phi) is 4.63. The highest BCUT2D eigenvalue weighted by molar-refractivity contribution is 5.94. The van der Waals surface area contributed by atoms with Crippen LogP contribution in [0.2, 0.25) is 0 Å². The molecule has 0 radical (unpaired) electrons. The number of aromatic carboxylic acids is 1. The molecule has 6 heteroatoms. The molecule has 2 aromatic carbocycles. The van der Waals surface area contributed by atoms with Gasteiger partial charge in [0.15, 0.2) is 0 Å². The van der Waals surface area contributed by atoms with Gasteiger partial charge in [0.1, 0.15) is 23.7 Å². The summed E-state index contributed by atoms with van der Waals surface area (Å²) in [4.78, 5) is 22.0. The molecule has 0 aliphatic rings. The summed E-state index contributed by atoms with van der Waals surface area (Å²) in [7, 11) is 0. The molecule has 0 heterocycles. The largest absolute Gasteiger partial charge is 0.507 e. The number of ether oxygens (including phenoxy) is 1. The summed E-state index contributed by atoms with van der Waals surface area (Å²) >= 11 is 0. The van der Waals surface area contributed by atoms with Gasteiger partial charge in [-0.1, -0.05) is 30.3 Å². The second-order valence-corrected chi connectivity index (χ2v) is 4.63. The third-order valence-electron chi connectivity index (χ3n) is 2.98. The van der Waals surface area contributed by atoms with Gasteiger partial charge in [-0.15, -0.1) is 0 Å². The van der Waals surface area contributed by atoms with Crippen molar-refractivity contribution in [2.75, 3.05) is 0 Å². The van der Waals surface area contributed by atoms with Gasteiger partial charge in [-0.05, 0) is 17.2 Å². The van der Waals surface area contributed by atoms with E-state index >= 15 is 0 Å². The molecule has 114 valence electrons. The van der Waals surface area contributed by atoms with Crippen LogP contribution in [0.15, 0.2) is 42.5 Å². The molecule has 2 rings (SSSR count). The van der Waals surface area contributed by atoms with Crippen molar-refractivity contribution in [2.24, 2.45) is 0 Å². The number of phenols is 1. The Morgan fingerprint density at radius 1 is 1.05 bits per heavy atom. The zero-order valence-corrected chi connectivity index (χ0v) is 11.5. The molecule has 0 saturated carbocycles. The van der Waals surface area contributed by atoms with E-state index in [-0.39, 0.29) is 17.9 Å². The van der Waals surface area contributed by atoms with Gasteiger partial charge in [0, 0.05) is 6.07 Å². The Morgan fingerprint density at radius 3 is 2.32 bits per heavy atom. The lowest BCUT2D eigenvalue weighted by atomic mass is 10.0. The number of rotatable bonds is 6. The molecule has 0 saturated heterocycles. The van der Waals surface area contributed by atoms with Gasteiger partial charge in [-0.25, -0.2) is 4.79 Å². The summed E-state index contributed by atoms with van der Waals surface area (Å²) in [6.07, 6.45) is -0.516. The van der Waals surface area contributed by atoms with E-state index in [0.717, 1.165) is 11.6 Å². The van der Waals surface area contributed by atoms with Crippen molar-refractivity contribution in [3.05, 3.63) is 59.2 Å². The Morgan fingerprint density at radius 2 is 1.73 bits per heavy atom. The second-order valence-electron chi connectivity index (χ2n) is 4.63. The number of carboxylic acids is 2. The number of hydrogen-bond donors (Lipinski definition) is 3. The lowest BCUT2D eigenvalue weighted by Crippen LogP contribution is -2.09. The van der Waals surface area contributed by atoms with E-state index in [1.54, 1.807) is 0 Å². The number of carbonyl (C=O) groups is 2. The van der Waals surface area contributed by atoms with Crippen molar-refractivity contribution in [3.8, 4) is 11.5 Å². The number of benzene rings is 2. The van der Waals surface area contributed by atoms with Crippen LogP contribution in [0.25, 0.3) is 0 Å². The Hall–Kier alpha value is -3.02. The van der Waals surface area contributed by atoms with Crippen LogP contribution >= 0.6 is 0 Å². The van der Waals surface area contributed by atoms with Gasteiger partial charge < -0.3 is 20.1 Å². The highest BCUT2D eigenvalue weighted by Crippen LogP contribution is 2.29. The molecule has 0 aromatic heterocycles. The summed E-state index contributed by atoms with van der Waals surface area (Å²) in [5, 5.41) is 27.7.